The Morgan fingerprint density at radius 2 is 1.86 bits per heavy atom. The Morgan fingerprint density at radius 1 is 1.10 bits per heavy atom. The second-order valence-electron chi connectivity index (χ2n) is 6.22. The average Bonchev–Trinajstić information content (AvgIpc) is 2.42. The summed E-state index contributed by atoms with van der Waals surface area (Å²) in [4.78, 5) is 0. The van der Waals surface area contributed by atoms with Gasteiger partial charge in [0.1, 0.15) is 0 Å². The van der Waals surface area contributed by atoms with Gasteiger partial charge in [0, 0.05) is 16.6 Å². The van der Waals surface area contributed by atoms with Crippen molar-refractivity contribution in [3.05, 3.63) is 69.7 Å². The zero-order valence-electron chi connectivity index (χ0n) is 12.6. The van der Waals surface area contributed by atoms with Crippen LogP contribution in [0, 0.1) is 6.92 Å². The van der Waals surface area contributed by atoms with E-state index in [1.807, 2.05) is 0 Å². The highest BCUT2D eigenvalue weighted by molar-refractivity contribution is 9.10. The van der Waals surface area contributed by atoms with Crippen LogP contribution in [0.15, 0.2) is 53.0 Å². The van der Waals surface area contributed by atoms with Crippen molar-refractivity contribution in [2.75, 3.05) is 0 Å². The van der Waals surface area contributed by atoms with Crippen molar-refractivity contribution < 1.29 is 0 Å². The fourth-order valence-electron chi connectivity index (χ4n) is 3.18. The Labute approximate surface area is 135 Å². The molecule has 3 rings (SSSR count). The number of rotatable bonds is 4. The molecule has 0 aliphatic heterocycles. The topological polar surface area (TPSA) is 12.0 Å². The fraction of sp³-hybridized carbons (Fsp3) is 0.368. The smallest absolute Gasteiger partial charge is 0.0294 e. The lowest BCUT2D eigenvalue weighted by Gasteiger charge is -2.38. The van der Waals surface area contributed by atoms with Crippen molar-refractivity contribution in [1.29, 1.82) is 0 Å². The molecule has 0 saturated heterocycles. The van der Waals surface area contributed by atoms with Crippen LogP contribution in [-0.2, 0) is 0 Å². The van der Waals surface area contributed by atoms with E-state index in [2.05, 4.69) is 83.6 Å². The number of hydrogen-bond donors (Lipinski definition) is 1. The van der Waals surface area contributed by atoms with Crippen LogP contribution >= 0.6 is 15.9 Å². The van der Waals surface area contributed by atoms with Crippen LogP contribution in [-0.4, -0.2) is 6.04 Å². The summed E-state index contributed by atoms with van der Waals surface area (Å²) in [5, 5.41) is 3.75. The SMILES string of the molecule is Cc1cccc(C2CC(NC(C)c3cccc(Br)c3)C2)c1. The summed E-state index contributed by atoms with van der Waals surface area (Å²) in [5.74, 6) is 0.733. The third-order valence-corrected chi connectivity index (χ3v) is 4.98. The van der Waals surface area contributed by atoms with E-state index in [-0.39, 0.29) is 0 Å². The van der Waals surface area contributed by atoms with E-state index in [0.29, 0.717) is 12.1 Å². The van der Waals surface area contributed by atoms with E-state index >= 15 is 0 Å². The predicted molar refractivity (Wildman–Crippen MR) is 92.6 cm³/mol. The first-order valence-corrected chi connectivity index (χ1v) is 8.49. The molecule has 1 atom stereocenters. The van der Waals surface area contributed by atoms with Crippen LogP contribution in [0.5, 0.6) is 0 Å². The molecular weight excluding hydrogens is 322 g/mol. The monoisotopic (exact) mass is 343 g/mol. The molecule has 1 N–H and O–H groups in total. The summed E-state index contributed by atoms with van der Waals surface area (Å²) in [6.45, 7) is 4.43. The second-order valence-corrected chi connectivity index (χ2v) is 7.14. The Morgan fingerprint density at radius 3 is 2.57 bits per heavy atom. The summed E-state index contributed by atoms with van der Waals surface area (Å²) in [6.07, 6.45) is 2.50. The molecule has 2 aromatic carbocycles. The molecule has 0 aromatic heterocycles. The molecule has 1 fully saturated rings. The van der Waals surface area contributed by atoms with Gasteiger partial charge in [-0.15, -0.1) is 0 Å². The number of aryl methyl sites for hydroxylation is 1. The molecule has 0 spiro atoms. The molecule has 21 heavy (non-hydrogen) atoms. The molecule has 1 saturated carbocycles. The van der Waals surface area contributed by atoms with E-state index in [1.165, 1.54) is 29.5 Å². The number of nitrogens with one attached hydrogen (secondary N) is 1. The number of benzene rings is 2. The molecule has 2 aromatic rings. The highest BCUT2D eigenvalue weighted by atomic mass is 79.9. The van der Waals surface area contributed by atoms with Gasteiger partial charge < -0.3 is 5.32 Å². The molecule has 0 amide bonds. The minimum absolute atomic E-state index is 0.408. The first-order chi connectivity index (χ1) is 10.1. The molecule has 0 bridgehead atoms. The molecule has 1 unspecified atom stereocenters. The van der Waals surface area contributed by atoms with Crippen molar-refractivity contribution in [2.45, 2.75) is 44.7 Å². The fourth-order valence-corrected chi connectivity index (χ4v) is 3.59. The average molecular weight is 344 g/mol. The van der Waals surface area contributed by atoms with Gasteiger partial charge in [-0.1, -0.05) is 57.9 Å². The predicted octanol–water partition coefficient (Wildman–Crippen LogP) is 5.35. The molecule has 0 heterocycles. The van der Waals surface area contributed by atoms with Crippen molar-refractivity contribution in [3.63, 3.8) is 0 Å². The maximum Gasteiger partial charge on any atom is 0.0294 e. The third-order valence-electron chi connectivity index (χ3n) is 4.49. The first kappa shape index (κ1) is 14.8. The number of hydrogen-bond acceptors (Lipinski definition) is 1. The summed E-state index contributed by atoms with van der Waals surface area (Å²) in [6, 6.07) is 18.6. The van der Waals surface area contributed by atoms with E-state index in [0.717, 1.165) is 10.4 Å². The highest BCUT2D eigenvalue weighted by Gasteiger charge is 2.31. The molecule has 1 aliphatic rings. The molecular formula is C19H22BrN. The zero-order chi connectivity index (χ0) is 14.8. The van der Waals surface area contributed by atoms with Gasteiger partial charge in [0.05, 0.1) is 0 Å². The largest absolute Gasteiger partial charge is 0.307 e. The van der Waals surface area contributed by atoms with E-state index in [9.17, 15) is 0 Å². The van der Waals surface area contributed by atoms with Gasteiger partial charge >= 0.3 is 0 Å². The Hall–Kier alpha value is -1.12. The van der Waals surface area contributed by atoms with Gasteiger partial charge in [0.2, 0.25) is 0 Å². The van der Waals surface area contributed by atoms with Crippen molar-refractivity contribution in [1.82, 2.24) is 5.32 Å². The van der Waals surface area contributed by atoms with Gasteiger partial charge in [-0.3, -0.25) is 0 Å². The van der Waals surface area contributed by atoms with Crippen LogP contribution in [0.4, 0.5) is 0 Å². The lowest BCUT2D eigenvalue weighted by Crippen LogP contribution is -2.41. The first-order valence-electron chi connectivity index (χ1n) is 7.70. The Kier molecular flexibility index (Phi) is 4.46. The standard InChI is InChI=1S/C19H22BrN/c1-13-5-3-7-16(9-13)17-11-19(12-17)21-14(2)15-6-4-8-18(20)10-15/h3-10,14,17,19,21H,11-12H2,1-2H3. The second kappa shape index (κ2) is 6.33. The van der Waals surface area contributed by atoms with Crippen LogP contribution in [0.25, 0.3) is 0 Å². The van der Waals surface area contributed by atoms with Gasteiger partial charge in [-0.2, -0.15) is 0 Å². The normalized spacial score (nSPS) is 22.6. The van der Waals surface area contributed by atoms with Gasteiger partial charge in [0.25, 0.3) is 0 Å². The minimum Gasteiger partial charge on any atom is -0.307 e. The van der Waals surface area contributed by atoms with E-state index < -0.39 is 0 Å². The van der Waals surface area contributed by atoms with Crippen molar-refractivity contribution in [2.24, 2.45) is 0 Å². The van der Waals surface area contributed by atoms with E-state index in [1.54, 1.807) is 0 Å². The molecule has 0 radical (unpaired) electrons. The summed E-state index contributed by atoms with van der Waals surface area (Å²) < 4.78 is 1.15. The molecule has 1 aliphatic carbocycles. The third kappa shape index (κ3) is 3.56. The summed E-state index contributed by atoms with van der Waals surface area (Å²) >= 11 is 3.55. The Bertz CT molecular complexity index is 616. The lowest BCUT2D eigenvalue weighted by molar-refractivity contribution is 0.271. The van der Waals surface area contributed by atoms with Crippen molar-refractivity contribution >= 4 is 15.9 Å². The van der Waals surface area contributed by atoms with Crippen molar-refractivity contribution in [3.8, 4) is 0 Å². The quantitative estimate of drug-likeness (QED) is 0.788. The van der Waals surface area contributed by atoms with Crippen LogP contribution in [0.3, 0.4) is 0 Å². The van der Waals surface area contributed by atoms with Gasteiger partial charge in [-0.25, -0.2) is 0 Å². The van der Waals surface area contributed by atoms with Crippen LogP contribution < -0.4 is 5.32 Å². The molecule has 1 nitrogen and oxygen atoms in total. The molecule has 110 valence electrons. The maximum absolute atomic E-state index is 3.75. The van der Waals surface area contributed by atoms with Gasteiger partial charge in [0.15, 0.2) is 0 Å². The number of halogens is 1. The molecule has 2 heteroatoms. The van der Waals surface area contributed by atoms with E-state index in [4.69, 9.17) is 0 Å². The summed E-state index contributed by atoms with van der Waals surface area (Å²) in [7, 11) is 0. The van der Waals surface area contributed by atoms with Gasteiger partial charge in [-0.05, 0) is 55.9 Å². The van der Waals surface area contributed by atoms with Crippen LogP contribution in [0.1, 0.15) is 48.4 Å². The zero-order valence-corrected chi connectivity index (χ0v) is 14.2. The lowest BCUT2D eigenvalue weighted by atomic mass is 9.75. The maximum atomic E-state index is 3.75. The highest BCUT2D eigenvalue weighted by Crippen LogP contribution is 2.38. The minimum atomic E-state index is 0.408. The Balaban J connectivity index is 1.55. The summed E-state index contributed by atoms with van der Waals surface area (Å²) in [5.41, 5.74) is 4.22. The van der Waals surface area contributed by atoms with Crippen LogP contribution in [0.2, 0.25) is 0 Å².